The second-order valence-corrected chi connectivity index (χ2v) is 17.4. The predicted molar refractivity (Wildman–Crippen MR) is 255 cm³/mol. The molecule has 61 heavy (non-hydrogen) atoms. The van der Waals surface area contributed by atoms with E-state index in [1.54, 1.807) is 0 Å². The Balaban J connectivity index is 1.34. The predicted octanol–water partition coefficient (Wildman–Crippen LogP) is 15.2. The van der Waals surface area contributed by atoms with Crippen molar-refractivity contribution in [1.29, 1.82) is 0 Å². The number of phenols is 1. The van der Waals surface area contributed by atoms with Gasteiger partial charge in [0.25, 0.3) is 0 Å². The van der Waals surface area contributed by atoms with Gasteiger partial charge in [-0.15, -0.1) is 0 Å². The van der Waals surface area contributed by atoms with E-state index in [9.17, 15) is 5.11 Å². The highest BCUT2D eigenvalue weighted by Gasteiger charge is 2.26. The molecule has 2 aromatic heterocycles. The van der Waals surface area contributed by atoms with Gasteiger partial charge < -0.3 is 5.11 Å². The van der Waals surface area contributed by atoms with Gasteiger partial charge in [-0.3, -0.25) is 9.55 Å². The number of fused-ring (bicyclic) bond motifs is 1. The van der Waals surface area contributed by atoms with Gasteiger partial charge in [-0.05, 0) is 130 Å². The van der Waals surface area contributed by atoms with Gasteiger partial charge in [-0.1, -0.05) is 149 Å². The Morgan fingerprint density at radius 1 is 0.574 bits per heavy atom. The Morgan fingerprint density at radius 2 is 1.25 bits per heavy atom. The van der Waals surface area contributed by atoms with Crippen molar-refractivity contribution in [2.45, 2.75) is 59.8 Å². The molecule has 4 nitrogen and oxygen atoms in total. The summed E-state index contributed by atoms with van der Waals surface area (Å²) in [5.41, 5.74) is 17.4. The quantitative estimate of drug-likeness (QED) is 0.167. The maximum Gasteiger partial charge on any atom is 0.149 e. The molecule has 2 heterocycles. The van der Waals surface area contributed by atoms with Gasteiger partial charge in [-0.25, -0.2) is 4.98 Å². The number of rotatable bonds is 8. The van der Waals surface area contributed by atoms with Crippen molar-refractivity contribution in [2.75, 3.05) is 0 Å². The topological polar surface area (TPSA) is 50.9 Å². The third-order valence-corrected chi connectivity index (χ3v) is 11.8. The van der Waals surface area contributed by atoms with Crippen LogP contribution in [0.4, 0.5) is 0 Å². The molecule has 0 unspecified atom stereocenters. The normalized spacial score (nSPS) is 12.1. The van der Waals surface area contributed by atoms with E-state index in [0.29, 0.717) is 11.4 Å². The molecule has 0 aliphatic heterocycles. The summed E-state index contributed by atoms with van der Waals surface area (Å²) in [5.74, 6) is 0.0249. The van der Waals surface area contributed by atoms with Crippen molar-refractivity contribution >= 4 is 11.0 Å². The number of pyridine rings is 1. The molecule has 300 valence electrons. The average Bonchev–Trinajstić information content (AvgIpc) is 3.66. The van der Waals surface area contributed by atoms with Crippen LogP contribution in [0.15, 0.2) is 170 Å². The van der Waals surface area contributed by atoms with Crippen LogP contribution in [0, 0.1) is 13.8 Å². The zero-order valence-corrected chi connectivity index (χ0v) is 36.0. The summed E-state index contributed by atoms with van der Waals surface area (Å²) in [4.78, 5) is 10.5. The molecule has 1 N–H and O–H groups in total. The summed E-state index contributed by atoms with van der Waals surface area (Å²) < 4.78 is 11.2. The minimum absolute atomic E-state index is 0.176. The Morgan fingerprint density at radius 3 is 1.95 bits per heavy atom. The number of imidazole rings is 1. The van der Waals surface area contributed by atoms with Crippen molar-refractivity contribution in [2.24, 2.45) is 0 Å². The van der Waals surface area contributed by atoms with Crippen molar-refractivity contribution < 1.29 is 6.48 Å². The highest BCUT2D eigenvalue weighted by Crippen LogP contribution is 2.44. The van der Waals surface area contributed by atoms with Crippen LogP contribution >= 0.6 is 0 Å². The first-order valence-corrected chi connectivity index (χ1v) is 21.0. The van der Waals surface area contributed by atoms with Crippen LogP contribution in [0.25, 0.3) is 83.9 Å². The van der Waals surface area contributed by atoms with E-state index in [1.165, 1.54) is 5.56 Å². The lowest BCUT2D eigenvalue weighted by Crippen LogP contribution is -2.12. The van der Waals surface area contributed by atoms with Gasteiger partial charge in [0.1, 0.15) is 11.6 Å². The highest BCUT2D eigenvalue weighted by molar-refractivity contribution is 5.98. The van der Waals surface area contributed by atoms with Gasteiger partial charge >= 0.3 is 0 Å². The molecule has 0 spiro atoms. The first-order chi connectivity index (χ1) is 29.7. The summed E-state index contributed by atoms with van der Waals surface area (Å²) in [6.07, 6.45) is 1.89. The number of nitrogens with zero attached hydrogens (tertiary/aromatic N) is 3. The van der Waals surface area contributed by atoms with E-state index in [-0.39, 0.29) is 11.2 Å². The van der Waals surface area contributed by atoms with E-state index in [2.05, 4.69) is 172 Å². The van der Waals surface area contributed by atoms with Crippen LogP contribution in [0.3, 0.4) is 0 Å². The molecule has 4 heteroatoms. The monoisotopic (exact) mass is 794 g/mol. The number of hydrogen-bond donors (Lipinski definition) is 1. The number of aryl methyl sites for hydroxylation is 2. The molecule has 0 aliphatic carbocycles. The summed E-state index contributed by atoms with van der Waals surface area (Å²) in [7, 11) is 0. The standard InChI is InChI=1S/C57H51N3O/c1-36(2)42-25-26-52(49(33-42)41-17-12-9-13-18-41)60-53-20-14-19-48(54(53)59-56(60)50-35-47(57(5,6)7)29-38(4)55(50)61)45-30-44(39-15-10-8-11-16-39)31-46(32-45)51-34-43(27-28-58-51)40-23-21-37(3)22-24-40/h8-36,61H,1-7H3/i36D. The van der Waals surface area contributed by atoms with Crippen molar-refractivity contribution in [3.05, 3.63) is 192 Å². The number of benzene rings is 7. The van der Waals surface area contributed by atoms with Crippen LogP contribution in [-0.4, -0.2) is 19.6 Å². The summed E-state index contributed by atoms with van der Waals surface area (Å²) in [5, 5.41) is 12.0. The fourth-order valence-corrected chi connectivity index (χ4v) is 8.27. The summed E-state index contributed by atoms with van der Waals surface area (Å²) >= 11 is 0. The van der Waals surface area contributed by atoms with Crippen LogP contribution in [0.2, 0.25) is 0 Å². The largest absolute Gasteiger partial charge is 0.507 e. The Bertz CT molecular complexity index is 3100. The molecule has 0 bridgehead atoms. The molecule has 0 saturated carbocycles. The number of para-hydroxylation sites is 1. The Hall–Kier alpha value is -7.04. The van der Waals surface area contributed by atoms with Crippen LogP contribution in [0.5, 0.6) is 5.75 Å². The average molecular weight is 795 g/mol. The molecule has 0 radical (unpaired) electrons. The fourth-order valence-electron chi connectivity index (χ4n) is 8.27. The molecule has 0 amide bonds. The van der Waals surface area contributed by atoms with Gasteiger partial charge in [-0.2, -0.15) is 0 Å². The molecule has 0 aliphatic rings. The van der Waals surface area contributed by atoms with Gasteiger partial charge in [0.2, 0.25) is 0 Å². The third-order valence-electron chi connectivity index (χ3n) is 11.8. The summed E-state index contributed by atoms with van der Waals surface area (Å²) in [6, 6.07) is 57.3. The highest BCUT2D eigenvalue weighted by atomic mass is 16.3. The molecule has 0 fully saturated rings. The van der Waals surface area contributed by atoms with Crippen LogP contribution < -0.4 is 0 Å². The van der Waals surface area contributed by atoms with Crippen LogP contribution in [-0.2, 0) is 5.41 Å². The third kappa shape index (κ3) is 7.66. The van der Waals surface area contributed by atoms with Crippen molar-refractivity contribution in [1.82, 2.24) is 14.5 Å². The smallest absolute Gasteiger partial charge is 0.149 e. The molecule has 7 aromatic carbocycles. The van der Waals surface area contributed by atoms with E-state index in [1.807, 2.05) is 51.2 Å². The molecule has 0 saturated heterocycles. The first kappa shape index (κ1) is 38.2. The van der Waals surface area contributed by atoms with Crippen LogP contribution in [0.1, 0.15) is 64.1 Å². The van der Waals surface area contributed by atoms with Crippen molar-refractivity contribution in [3.63, 3.8) is 0 Å². The second-order valence-electron chi connectivity index (χ2n) is 17.4. The molecule has 0 atom stereocenters. The van der Waals surface area contributed by atoms with Gasteiger partial charge in [0.05, 0.1) is 28.0 Å². The lowest BCUT2D eigenvalue weighted by molar-refractivity contribution is 0.471. The maximum atomic E-state index is 12.0. The van der Waals surface area contributed by atoms with E-state index < -0.39 is 5.89 Å². The molecule has 9 rings (SSSR count). The van der Waals surface area contributed by atoms with Gasteiger partial charge in [0.15, 0.2) is 0 Å². The second kappa shape index (κ2) is 15.9. The SMILES string of the molecule is [2H]C(C)(C)c1ccc(-n2c(-c3cc(C(C)(C)C)cc(C)c3O)nc3c(-c4cc(-c5ccccc5)cc(-c5cc(-c6ccc(C)cc6)ccn5)c4)cccc32)c(-c2ccccc2)c1. The Kier molecular flexibility index (Phi) is 9.92. The lowest BCUT2D eigenvalue weighted by Gasteiger charge is -2.22. The van der Waals surface area contributed by atoms with E-state index in [0.717, 1.165) is 89.2 Å². The molecular formula is C57H51N3O. The minimum Gasteiger partial charge on any atom is -0.507 e. The summed E-state index contributed by atoms with van der Waals surface area (Å²) in [6.45, 7) is 14.5. The van der Waals surface area contributed by atoms with E-state index >= 15 is 0 Å². The molecule has 9 aromatic rings. The van der Waals surface area contributed by atoms with Crippen molar-refractivity contribution in [3.8, 4) is 78.6 Å². The number of aromatic hydroxyl groups is 1. The zero-order valence-electron chi connectivity index (χ0n) is 37.0. The zero-order chi connectivity index (χ0) is 43.3. The number of hydrogen-bond acceptors (Lipinski definition) is 3. The minimum atomic E-state index is -0.818. The first-order valence-electron chi connectivity index (χ1n) is 21.5. The molecular weight excluding hydrogens is 743 g/mol. The number of aromatic nitrogens is 3. The number of phenolic OH excluding ortho intramolecular Hbond substituents is 1. The maximum absolute atomic E-state index is 12.0. The lowest BCUT2D eigenvalue weighted by atomic mass is 9.84. The Labute approximate surface area is 361 Å². The fraction of sp³-hybridized carbons (Fsp3) is 0.158. The van der Waals surface area contributed by atoms with Gasteiger partial charge in [0, 0.05) is 24.3 Å². The van der Waals surface area contributed by atoms with E-state index in [4.69, 9.17) is 11.3 Å².